The number of fused-ring (bicyclic) bond motifs is 1. The standard InChI is InChI=1S/C15H16N4O3/c1-9-4-5-12-11(6-9)18-14(21)15(2,22-12)13(20)17-10-7-16-19(3)8-10/h4-8H,1-3H3,(H,17,20)(H,18,21)/t15-/m1/s1. The van der Waals surface area contributed by atoms with Gasteiger partial charge in [0, 0.05) is 13.2 Å². The van der Waals surface area contributed by atoms with Gasteiger partial charge in [0.2, 0.25) is 0 Å². The van der Waals surface area contributed by atoms with Gasteiger partial charge >= 0.3 is 0 Å². The molecule has 0 saturated heterocycles. The summed E-state index contributed by atoms with van der Waals surface area (Å²) in [5.41, 5.74) is 0.417. The van der Waals surface area contributed by atoms with E-state index in [0.29, 0.717) is 17.1 Å². The summed E-state index contributed by atoms with van der Waals surface area (Å²) in [4.78, 5) is 24.8. The predicted octanol–water partition coefficient (Wildman–Crippen LogP) is 1.46. The van der Waals surface area contributed by atoms with Crippen molar-refractivity contribution in [2.24, 2.45) is 7.05 Å². The van der Waals surface area contributed by atoms with Crippen LogP contribution in [0.2, 0.25) is 0 Å². The van der Waals surface area contributed by atoms with Crippen molar-refractivity contribution in [3.8, 4) is 5.75 Å². The molecule has 0 fully saturated rings. The van der Waals surface area contributed by atoms with Crippen LogP contribution in [0.5, 0.6) is 5.75 Å². The first-order chi connectivity index (χ1) is 10.4. The number of rotatable bonds is 2. The van der Waals surface area contributed by atoms with Gasteiger partial charge in [-0.1, -0.05) is 6.07 Å². The first-order valence-corrected chi connectivity index (χ1v) is 6.80. The van der Waals surface area contributed by atoms with E-state index < -0.39 is 17.4 Å². The molecule has 22 heavy (non-hydrogen) atoms. The van der Waals surface area contributed by atoms with E-state index >= 15 is 0 Å². The maximum absolute atomic E-state index is 12.5. The van der Waals surface area contributed by atoms with Crippen molar-refractivity contribution in [2.45, 2.75) is 19.4 Å². The molecule has 0 saturated carbocycles. The Labute approximate surface area is 127 Å². The second kappa shape index (κ2) is 4.87. The SMILES string of the molecule is Cc1ccc2c(c1)NC(=O)[C@@](C)(C(=O)Nc1cnn(C)c1)O2. The van der Waals surface area contributed by atoms with Crippen LogP contribution in [0.1, 0.15) is 12.5 Å². The summed E-state index contributed by atoms with van der Waals surface area (Å²) in [7, 11) is 1.74. The maximum Gasteiger partial charge on any atom is 0.278 e. The zero-order valence-electron chi connectivity index (χ0n) is 12.5. The van der Waals surface area contributed by atoms with Gasteiger partial charge < -0.3 is 15.4 Å². The molecule has 2 N–H and O–H groups in total. The van der Waals surface area contributed by atoms with E-state index in [4.69, 9.17) is 4.74 Å². The third-order valence-corrected chi connectivity index (χ3v) is 3.53. The lowest BCUT2D eigenvalue weighted by atomic mass is 10.0. The van der Waals surface area contributed by atoms with Crippen LogP contribution in [0.3, 0.4) is 0 Å². The predicted molar refractivity (Wildman–Crippen MR) is 80.7 cm³/mol. The van der Waals surface area contributed by atoms with E-state index in [1.807, 2.05) is 13.0 Å². The molecule has 0 aliphatic carbocycles. The van der Waals surface area contributed by atoms with Crippen molar-refractivity contribution in [2.75, 3.05) is 10.6 Å². The fraction of sp³-hybridized carbons (Fsp3) is 0.267. The molecule has 0 radical (unpaired) electrons. The normalized spacial score (nSPS) is 19.9. The van der Waals surface area contributed by atoms with Gasteiger partial charge in [-0.15, -0.1) is 0 Å². The molecule has 0 unspecified atom stereocenters. The lowest BCUT2D eigenvalue weighted by molar-refractivity contribution is -0.143. The Morgan fingerprint density at radius 1 is 1.45 bits per heavy atom. The maximum atomic E-state index is 12.5. The van der Waals surface area contributed by atoms with Gasteiger partial charge in [-0.2, -0.15) is 5.10 Å². The topological polar surface area (TPSA) is 85.3 Å². The fourth-order valence-corrected chi connectivity index (χ4v) is 2.22. The molecular weight excluding hydrogens is 284 g/mol. The van der Waals surface area contributed by atoms with Crippen molar-refractivity contribution in [1.82, 2.24) is 9.78 Å². The molecule has 2 heterocycles. The monoisotopic (exact) mass is 300 g/mol. The molecule has 1 aliphatic rings. The van der Waals surface area contributed by atoms with E-state index in [1.165, 1.54) is 13.1 Å². The lowest BCUT2D eigenvalue weighted by Gasteiger charge is -2.33. The first-order valence-electron chi connectivity index (χ1n) is 6.80. The number of ether oxygens (including phenoxy) is 1. The van der Waals surface area contributed by atoms with Crippen molar-refractivity contribution >= 4 is 23.2 Å². The Hall–Kier alpha value is -2.83. The average molecular weight is 300 g/mol. The van der Waals surface area contributed by atoms with E-state index in [-0.39, 0.29) is 0 Å². The highest BCUT2D eigenvalue weighted by Crippen LogP contribution is 2.34. The molecule has 1 aromatic heterocycles. The summed E-state index contributed by atoms with van der Waals surface area (Å²) in [6, 6.07) is 5.39. The molecule has 2 aromatic rings. The number of nitrogens with one attached hydrogen (secondary N) is 2. The van der Waals surface area contributed by atoms with Crippen LogP contribution < -0.4 is 15.4 Å². The number of anilines is 2. The van der Waals surface area contributed by atoms with Crippen molar-refractivity contribution < 1.29 is 14.3 Å². The largest absolute Gasteiger partial charge is 0.466 e. The van der Waals surface area contributed by atoms with Gasteiger partial charge in [0.05, 0.1) is 17.6 Å². The number of hydrogen-bond acceptors (Lipinski definition) is 4. The van der Waals surface area contributed by atoms with Gasteiger partial charge in [-0.3, -0.25) is 14.3 Å². The summed E-state index contributed by atoms with van der Waals surface area (Å²) in [5, 5.41) is 9.32. The van der Waals surface area contributed by atoms with Crippen LogP contribution in [0, 0.1) is 6.92 Å². The van der Waals surface area contributed by atoms with Crippen LogP contribution in [0.4, 0.5) is 11.4 Å². The van der Waals surface area contributed by atoms with E-state index in [0.717, 1.165) is 5.56 Å². The molecule has 7 heteroatoms. The first kappa shape index (κ1) is 14.1. The summed E-state index contributed by atoms with van der Waals surface area (Å²) >= 11 is 0. The Kier molecular flexibility index (Phi) is 3.13. The number of benzene rings is 1. The number of nitrogens with zero attached hydrogens (tertiary/aromatic N) is 2. The molecule has 1 aromatic carbocycles. The molecule has 114 valence electrons. The average Bonchev–Trinajstić information content (AvgIpc) is 2.86. The summed E-state index contributed by atoms with van der Waals surface area (Å²) in [6.45, 7) is 3.35. The second-order valence-corrected chi connectivity index (χ2v) is 5.45. The molecule has 1 aliphatic heterocycles. The van der Waals surface area contributed by atoms with E-state index in [2.05, 4.69) is 15.7 Å². The zero-order chi connectivity index (χ0) is 15.9. The van der Waals surface area contributed by atoms with Crippen molar-refractivity contribution in [3.63, 3.8) is 0 Å². The Morgan fingerprint density at radius 2 is 2.23 bits per heavy atom. The third kappa shape index (κ3) is 2.30. The van der Waals surface area contributed by atoms with E-state index in [9.17, 15) is 9.59 Å². The van der Waals surface area contributed by atoms with Crippen LogP contribution in [-0.4, -0.2) is 27.2 Å². The van der Waals surface area contributed by atoms with Crippen LogP contribution >= 0.6 is 0 Å². The zero-order valence-corrected chi connectivity index (χ0v) is 12.5. The quantitative estimate of drug-likeness (QED) is 0.822. The van der Waals surface area contributed by atoms with Gasteiger partial charge in [0.15, 0.2) is 0 Å². The highest BCUT2D eigenvalue weighted by atomic mass is 16.5. The second-order valence-electron chi connectivity index (χ2n) is 5.45. The molecular formula is C15H16N4O3. The molecule has 0 bridgehead atoms. The minimum Gasteiger partial charge on any atom is -0.466 e. The Bertz CT molecular complexity index is 768. The lowest BCUT2D eigenvalue weighted by Crippen LogP contribution is -2.56. The van der Waals surface area contributed by atoms with Gasteiger partial charge in [0.1, 0.15) is 5.75 Å². The third-order valence-electron chi connectivity index (χ3n) is 3.53. The fourth-order valence-electron chi connectivity index (χ4n) is 2.22. The molecule has 1 atom stereocenters. The summed E-state index contributed by atoms with van der Waals surface area (Å²) < 4.78 is 7.23. The summed E-state index contributed by atoms with van der Waals surface area (Å²) in [5.74, 6) is -0.592. The van der Waals surface area contributed by atoms with Gasteiger partial charge in [-0.25, -0.2) is 0 Å². The summed E-state index contributed by atoms with van der Waals surface area (Å²) in [6.07, 6.45) is 3.14. The number of aromatic nitrogens is 2. The van der Waals surface area contributed by atoms with Crippen molar-refractivity contribution in [3.05, 3.63) is 36.2 Å². The highest BCUT2D eigenvalue weighted by molar-refractivity contribution is 6.18. The molecule has 2 amide bonds. The molecule has 7 nitrogen and oxygen atoms in total. The number of carbonyl (C=O) groups is 2. The van der Waals surface area contributed by atoms with Gasteiger partial charge in [-0.05, 0) is 31.5 Å². The van der Waals surface area contributed by atoms with Crippen LogP contribution in [0.25, 0.3) is 0 Å². The van der Waals surface area contributed by atoms with E-state index in [1.54, 1.807) is 30.1 Å². The molecule has 0 spiro atoms. The minimum absolute atomic E-state index is 0.467. The highest BCUT2D eigenvalue weighted by Gasteiger charge is 2.47. The Morgan fingerprint density at radius 3 is 2.91 bits per heavy atom. The number of aryl methyl sites for hydroxylation is 2. The van der Waals surface area contributed by atoms with Crippen molar-refractivity contribution in [1.29, 1.82) is 0 Å². The Balaban J connectivity index is 1.87. The number of carbonyl (C=O) groups excluding carboxylic acids is 2. The van der Waals surface area contributed by atoms with Gasteiger partial charge in [0.25, 0.3) is 17.4 Å². The van der Waals surface area contributed by atoms with Crippen LogP contribution in [0.15, 0.2) is 30.6 Å². The number of amides is 2. The van der Waals surface area contributed by atoms with Crippen LogP contribution in [-0.2, 0) is 16.6 Å². The minimum atomic E-state index is -1.64. The smallest absolute Gasteiger partial charge is 0.278 e. The number of hydrogen-bond donors (Lipinski definition) is 2. The molecule has 3 rings (SSSR count).